The van der Waals surface area contributed by atoms with E-state index in [1.54, 1.807) is 0 Å². The van der Waals surface area contributed by atoms with E-state index in [-0.39, 0.29) is 17.4 Å². The molecule has 0 aromatic heterocycles. The monoisotopic (exact) mass is 226 g/mol. The molecule has 0 saturated heterocycles. The van der Waals surface area contributed by atoms with Crippen LogP contribution in [0.15, 0.2) is 0 Å². The summed E-state index contributed by atoms with van der Waals surface area (Å²) in [6, 6.07) is -0.153. The van der Waals surface area contributed by atoms with Crippen molar-refractivity contribution in [1.29, 1.82) is 0 Å². The highest BCUT2D eigenvalue weighted by atomic mass is 16.2. The smallest absolute Gasteiger partial charge is 0.237 e. The number of carbonyl (C=O) groups is 1. The Morgan fingerprint density at radius 3 is 2.25 bits per heavy atom. The Bertz CT molecular complexity index is 239. The van der Waals surface area contributed by atoms with Gasteiger partial charge in [0.2, 0.25) is 5.91 Å². The normalized spacial score (nSPS) is 21.8. The molecule has 94 valence electrons. The van der Waals surface area contributed by atoms with Gasteiger partial charge in [-0.3, -0.25) is 4.79 Å². The molecule has 16 heavy (non-hydrogen) atoms. The fourth-order valence-corrected chi connectivity index (χ4v) is 2.28. The summed E-state index contributed by atoms with van der Waals surface area (Å²) < 4.78 is 0. The Hall–Kier alpha value is -0.570. The van der Waals surface area contributed by atoms with Crippen molar-refractivity contribution in [2.24, 2.45) is 17.1 Å². The van der Waals surface area contributed by atoms with Crippen LogP contribution in [0.2, 0.25) is 0 Å². The van der Waals surface area contributed by atoms with Crippen molar-refractivity contribution in [2.45, 2.75) is 65.5 Å². The zero-order valence-corrected chi connectivity index (χ0v) is 11.0. The van der Waals surface area contributed by atoms with E-state index in [1.165, 1.54) is 25.7 Å². The highest BCUT2D eigenvalue weighted by Gasteiger charge is 2.30. The van der Waals surface area contributed by atoms with Crippen LogP contribution in [-0.2, 0) is 4.79 Å². The van der Waals surface area contributed by atoms with Crippen molar-refractivity contribution in [3.63, 3.8) is 0 Å². The maximum Gasteiger partial charge on any atom is 0.237 e. The maximum atomic E-state index is 11.9. The molecule has 0 bridgehead atoms. The van der Waals surface area contributed by atoms with Gasteiger partial charge in [0, 0.05) is 6.04 Å². The van der Waals surface area contributed by atoms with Gasteiger partial charge >= 0.3 is 0 Å². The molecule has 2 atom stereocenters. The van der Waals surface area contributed by atoms with Crippen LogP contribution in [0.5, 0.6) is 0 Å². The minimum Gasteiger partial charge on any atom is -0.352 e. The van der Waals surface area contributed by atoms with Gasteiger partial charge in [0.25, 0.3) is 0 Å². The fraction of sp³-hybridized carbons (Fsp3) is 0.923. The third-order valence-electron chi connectivity index (χ3n) is 3.69. The van der Waals surface area contributed by atoms with Crippen molar-refractivity contribution in [3.05, 3.63) is 0 Å². The first-order valence-corrected chi connectivity index (χ1v) is 6.38. The van der Waals surface area contributed by atoms with E-state index in [1.807, 2.05) is 20.8 Å². The van der Waals surface area contributed by atoms with Gasteiger partial charge < -0.3 is 11.1 Å². The molecule has 0 aliphatic heterocycles. The number of rotatable bonds is 3. The van der Waals surface area contributed by atoms with E-state index < -0.39 is 6.04 Å². The van der Waals surface area contributed by atoms with Gasteiger partial charge in [-0.25, -0.2) is 0 Å². The third-order valence-corrected chi connectivity index (χ3v) is 3.69. The molecule has 1 fully saturated rings. The van der Waals surface area contributed by atoms with E-state index >= 15 is 0 Å². The average Bonchev–Trinajstić information content (AvgIpc) is 2.67. The van der Waals surface area contributed by atoms with Crippen molar-refractivity contribution in [3.8, 4) is 0 Å². The molecule has 0 unspecified atom stereocenters. The minimum atomic E-state index is -0.420. The van der Waals surface area contributed by atoms with Gasteiger partial charge in [-0.15, -0.1) is 0 Å². The van der Waals surface area contributed by atoms with Crippen LogP contribution in [0.3, 0.4) is 0 Å². The highest BCUT2D eigenvalue weighted by molar-refractivity contribution is 5.82. The maximum absolute atomic E-state index is 11.9. The Balaban J connectivity index is 2.44. The molecular formula is C13H26N2O. The first-order chi connectivity index (χ1) is 7.32. The standard InChI is InChI=1S/C13H26N2O/c1-9(10-7-5-6-8-10)15-12(16)11(14)13(2,3)4/h9-11H,5-8,14H2,1-4H3,(H,15,16)/t9-,11-/m1/s1. The van der Waals surface area contributed by atoms with E-state index in [0.29, 0.717) is 5.92 Å². The zero-order valence-electron chi connectivity index (χ0n) is 11.0. The van der Waals surface area contributed by atoms with Crippen molar-refractivity contribution in [2.75, 3.05) is 0 Å². The van der Waals surface area contributed by atoms with Gasteiger partial charge in [-0.1, -0.05) is 33.6 Å². The van der Waals surface area contributed by atoms with E-state index in [2.05, 4.69) is 12.2 Å². The summed E-state index contributed by atoms with van der Waals surface area (Å²) in [7, 11) is 0. The SMILES string of the molecule is C[C@@H](NC(=O)[C@@H](N)C(C)(C)C)C1CCCC1. The molecule has 0 radical (unpaired) electrons. The molecule has 0 spiro atoms. The quantitative estimate of drug-likeness (QED) is 0.774. The van der Waals surface area contributed by atoms with Gasteiger partial charge in [0.15, 0.2) is 0 Å². The summed E-state index contributed by atoms with van der Waals surface area (Å²) in [6.45, 7) is 8.09. The largest absolute Gasteiger partial charge is 0.352 e. The third kappa shape index (κ3) is 3.48. The molecule has 1 saturated carbocycles. The van der Waals surface area contributed by atoms with Crippen molar-refractivity contribution in [1.82, 2.24) is 5.32 Å². The summed E-state index contributed by atoms with van der Waals surface area (Å²) in [5.74, 6) is 0.642. The lowest BCUT2D eigenvalue weighted by atomic mass is 9.86. The van der Waals surface area contributed by atoms with Gasteiger partial charge in [0.1, 0.15) is 0 Å². The number of hydrogen-bond donors (Lipinski definition) is 2. The Morgan fingerprint density at radius 2 is 1.81 bits per heavy atom. The molecule has 0 aromatic rings. The van der Waals surface area contributed by atoms with Crippen LogP contribution >= 0.6 is 0 Å². The lowest BCUT2D eigenvalue weighted by Crippen LogP contribution is -2.52. The average molecular weight is 226 g/mol. The second-order valence-electron chi connectivity index (χ2n) is 6.19. The summed E-state index contributed by atoms with van der Waals surface area (Å²) >= 11 is 0. The molecule has 3 heteroatoms. The van der Waals surface area contributed by atoms with Gasteiger partial charge in [0.05, 0.1) is 6.04 Å². The number of nitrogens with two attached hydrogens (primary N) is 1. The first kappa shape index (κ1) is 13.5. The van der Waals surface area contributed by atoms with Crippen molar-refractivity contribution < 1.29 is 4.79 Å². The van der Waals surface area contributed by atoms with Crippen LogP contribution in [0.1, 0.15) is 53.4 Å². The second kappa shape index (κ2) is 5.17. The van der Waals surface area contributed by atoms with Gasteiger partial charge in [-0.05, 0) is 31.1 Å². The molecule has 1 rings (SSSR count). The van der Waals surface area contributed by atoms with E-state index in [0.717, 1.165) is 0 Å². The lowest BCUT2D eigenvalue weighted by Gasteiger charge is -2.29. The molecule has 0 aromatic carbocycles. The summed E-state index contributed by atoms with van der Waals surface area (Å²) in [4.78, 5) is 11.9. The van der Waals surface area contributed by atoms with Crippen LogP contribution in [0.25, 0.3) is 0 Å². The predicted octanol–water partition coefficient (Wildman–Crippen LogP) is 2.05. The van der Waals surface area contributed by atoms with Crippen LogP contribution < -0.4 is 11.1 Å². The fourth-order valence-electron chi connectivity index (χ4n) is 2.28. The van der Waals surface area contributed by atoms with Crippen LogP contribution in [-0.4, -0.2) is 18.0 Å². The summed E-state index contributed by atoms with van der Waals surface area (Å²) in [5.41, 5.74) is 5.76. The van der Waals surface area contributed by atoms with Gasteiger partial charge in [-0.2, -0.15) is 0 Å². The number of amides is 1. The van der Waals surface area contributed by atoms with Crippen molar-refractivity contribution >= 4 is 5.91 Å². The first-order valence-electron chi connectivity index (χ1n) is 6.38. The molecular weight excluding hydrogens is 200 g/mol. The summed E-state index contributed by atoms with van der Waals surface area (Å²) in [5, 5.41) is 3.06. The minimum absolute atomic E-state index is 0.00750. The molecule has 1 amide bonds. The molecule has 1 aliphatic rings. The predicted molar refractivity (Wildman–Crippen MR) is 67.0 cm³/mol. The Morgan fingerprint density at radius 1 is 1.31 bits per heavy atom. The molecule has 3 nitrogen and oxygen atoms in total. The molecule has 1 aliphatic carbocycles. The highest BCUT2D eigenvalue weighted by Crippen LogP contribution is 2.27. The topological polar surface area (TPSA) is 55.1 Å². The lowest BCUT2D eigenvalue weighted by molar-refractivity contribution is -0.125. The number of nitrogens with one attached hydrogen (secondary N) is 1. The van der Waals surface area contributed by atoms with Crippen LogP contribution in [0, 0.1) is 11.3 Å². The zero-order chi connectivity index (χ0) is 12.3. The molecule has 0 heterocycles. The number of carbonyl (C=O) groups excluding carboxylic acids is 1. The van der Waals surface area contributed by atoms with E-state index in [4.69, 9.17) is 5.73 Å². The number of hydrogen-bond acceptors (Lipinski definition) is 2. The molecule has 3 N–H and O–H groups in total. The summed E-state index contributed by atoms with van der Waals surface area (Å²) in [6.07, 6.45) is 5.09. The van der Waals surface area contributed by atoms with E-state index in [9.17, 15) is 4.79 Å². The Kier molecular flexibility index (Phi) is 4.36. The van der Waals surface area contributed by atoms with Crippen LogP contribution in [0.4, 0.5) is 0 Å². The second-order valence-corrected chi connectivity index (χ2v) is 6.19. The Labute approximate surface area is 99.2 Å².